The Balaban J connectivity index is 1.88. The summed E-state index contributed by atoms with van der Waals surface area (Å²) in [6, 6.07) is 12.0. The Hall–Kier alpha value is -2.29. The van der Waals surface area contributed by atoms with Gasteiger partial charge in [0, 0.05) is 30.1 Å². The highest BCUT2D eigenvalue weighted by Gasteiger charge is 2.12. The Labute approximate surface area is 119 Å². The number of nitrogens with zero attached hydrogens (tertiary/aromatic N) is 1. The van der Waals surface area contributed by atoms with Crippen molar-refractivity contribution >= 4 is 5.70 Å². The number of aromatic nitrogens is 1. The molecule has 2 aromatic rings. The predicted octanol–water partition coefficient (Wildman–Crippen LogP) is 3.69. The molecule has 0 unspecified atom stereocenters. The van der Waals surface area contributed by atoms with Gasteiger partial charge in [-0.25, -0.2) is 4.98 Å². The molecule has 0 aliphatic heterocycles. The molecule has 1 aliphatic carbocycles. The van der Waals surface area contributed by atoms with Crippen molar-refractivity contribution in [1.29, 1.82) is 0 Å². The van der Waals surface area contributed by atoms with Crippen LogP contribution in [0.15, 0.2) is 42.5 Å². The lowest BCUT2D eigenvalue weighted by molar-refractivity contribution is 0.461. The summed E-state index contributed by atoms with van der Waals surface area (Å²) in [6.07, 6.45) is 4.36. The van der Waals surface area contributed by atoms with E-state index in [0.29, 0.717) is 5.88 Å². The Morgan fingerprint density at radius 1 is 1.20 bits per heavy atom. The second-order valence-electron chi connectivity index (χ2n) is 4.94. The molecular formula is C17H18N2O. The average Bonchev–Trinajstić information content (AvgIpc) is 2.46. The van der Waals surface area contributed by atoms with Gasteiger partial charge in [-0.2, -0.15) is 0 Å². The minimum atomic E-state index is 0.644. The van der Waals surface area contributed by atoms with E-state index >= 15 is 0 Å². The molecule has 3 nitrogen and oxygen atoms in total. The molecular weight excluding hydrogens is 248 g/mol. The smallest absolute Gasteiger partial charge is 0.219 e. The standard InChI is InChI=1S/C17H18N2O/c1-12-5-3-8-17(19-12)20-14-9-10-15-13(11-14)6-4-7-16(15)18-2/h3,5,7-11,18H,4,6H2,1-2H3. The maximum absolute atomic E-state index is 5.84. The summed E-state index contributed by atoms with van der Waals surface area (Å²) in [7, 11) is 1.96. The first-order valence-corrected chi connectivity index (χ1v) is 6.89. The van der Waals surface area contributed by atoms with Gasteiger partial charge in [-0.05, 0) is 49.6 Å². The highest BCUT2D eigenvalue weighted by molar-refractivity contribution is 5.69. The van der Waals surface area contributed by atoms with Crippen molar-refractivity contribution in [2.24, 2.45) is 0 Å². The maximum atomic E-state index is 5.84. The van der Waals surface area contributed by atoms with Crippen LogP contribution in [0, 0.1) is 6.92 Å². The number of allylic oxidation sites excluding steroid dienone is 1. The predicted molar refractivity (Wildman–Crippen MR) is 80.8 cm³/mol. The molecule has 0 bridgehead atoms. The van der Waals surface area contributed by atoms with Gasteiger partial charge in [0.15, 0.2) is 0 Å². The van der Waals surface area contributed by atoms with Gasteiger partial charge in [-0.1, -0.05) is 12.1 Å². The van der Waals surface area contributed by atoms with Crippen LogP contribution in [0.5, 0.6) is 11.6 Å². The van der Waals surface area contributed by atoms with Gasteiger partial charge < -0.3 is 10.1 Å². The van der Waals surface area contributed by atoms with E-state index in [9.17, 15) is 0 Å². The highest BCUT2D eigenvalue weighted by atomic mass is 16.5. The number of pyridine rings is 1. The molecule has 3 rings (SSSR count). The molecule has 1 aromatic carbocycles. The van der Waals surface area contributed by atoms with Crippen molar-refractivity contribution in [3.05, 3.63) is 59.3 Å². The van der Waals surface area contributed by atoms with E-state index in [0.717, 1.165) is 24.3 Å². The van der Waals surface area contributed by atoms with Gasteiger partial charge in [0.2, 0.25) is 5.88 Å². The van der Waals surface area contributed by atoms with Crippen molar-refractivity contribution in [3.8, 4) is 11.6 Å². The second-order valence-corrected chi connectivity index (χ2v) is 4.94. The van der Waals surface area contributed by atoms with Crippen LogP contribution in [-0.2, 0) is 6.42 Å². The molecule has 0 amide bonds. The average molecular weight is 266 g/mol. The summed E-state index contributed by atoms with van der Waals surface area (Å²) >= 11 is 0. The molecule has 20 heavy (non-hydrogen) atoms. The van der Waals surface area contributed by atoms with Gasteiger partial charge in [0.05, 0.1) is 0 Å². The largest absolute Gasteiger partial charge is 0.439 e. The first-order valence-electron chi connectivity index (χ1n) is 6.89. The first kappa shape index (κ1) is 12.7. The summed E-state index contributed by atoms with van der Waals surface area (Å²) in [4.78, 5) is 4.37. The molecule has 1 N–H and O–H groups in total. The Bertz CT molecular complexity index is 662. The third kappa shape index (κ3) is 2.52. The van der Waals surface area contributed by atoms with E-state index in [2.05, 4.69) is 28.5 Å². The van der Waals surface area contributed by atoms with Crippen molar-refractivity contribution in [1.82, 2.24) is 10.3 Å². The summed E-state index contributed by atoms with van der Waals surface area (Å²) < 4.78 is 5.84. The number of fused-ring (bicyclic) bond motifs is 1. The summed E-state index contributed by atoms with van der Waals surface area (Å²) in [5.74, 6) is 1.49. The molecule has 0 radical (unpaired) electrons. The normalized spacial score (nSPS) is 13.4. The van der Waals surface area contributed by atoms with Crippen LogP contribution in [0.2, 0.25) is 0 Å². The van der Waals surface area contributed by atoms with Crippen LogP contribution in [0.1, 0.15) is 23.2 Å². The monoisotopic (exact) mass is 266 g/mol. The van der Waals surface area contributed by atoms with Gasteiger partial charge >= 0.3 is 0 Å². The van der Waals surface area contributed by atoms with E-state index in [-0.39, 0.29) is 0 Å². The Morgan fingerprint density at radius 2 is 2.10 bits per heavy atom. The zero-order chi connectivity index (χ0) is 13.9. The lowest BCUT2D eigenvalue weighted by Crippen LogP contribution is -2.10. The number of benzene rings is 1. The summed E-state index contributed by atoms with van der Waals surface area (Å²) in [6.45, 7) is 1.96. The van der Waals surface area contributed by atoms with Crippen molar-refractivity contribution in [3.63, 3.8) is 0 Å². The fourth-order valence-electron chi connectivity index (χ4n) is 2.52. The minimum absolute atomic E-state index is 0.644. The topological polar surface area (TPSA) is 34.1 Å². The molecule has 1 aromatic heterocycles. The molecule has 0 atom stereocenters. The molecule has 0 saturated heterocycles. The van der Waals surface area contributed by atoms with Crippen molar-refractivity contribution < 1.29 is 4.74 Å². The number of hydrogen-bond acceptors (Lipinski definition) is 3. The van der Waals surface area contributed by atoms with E-state index in [1.165, 1.54) is 16.8 Å². The van der Waals surface area contributed by atoms with Gasteiger partial charge in [0.1, 0.15) is 5.75 Å². The quantitative estimate of drug-likeness (QED) is 0.920. The fourth-order valence-corrected chi connectivity index (χ4v) is 2.52. The lowest BCUT2D eigenvalue weighted by atomic mass is 9.94. The fraction of sp³-hybridized carbons (Fsp3) is 0.235. The van der Waals surface area contributed by atoms with Gasteiger partial charge in [0.25, 0.3) is 0 Å². The Morgan fingerprint density at radius 3 is 2.90 bits per heavy atom. The number of nitrogens with one attached hydrogen (secondary N) is 1. The third-order valence-electron chi connectivity index (χ3n) is 3.48. The maximum Gasteiger partial charge on any atom is 0.219 e. The Kier molecular flexibility index (Phi) is 3.42. The molecule has 0 fully saturated rings. The van der Waals surface area contributed by atoms with Crippen LogP contribution < -0.4 is 10.1 Å². The van der Waals surface area contributed by atoms with E-state index in [1.807, 2.05) is 38.2 Å². The molecule has 3 heteroatoms. The summed E-state index contributed by atoms with van der Waals surface area (Å²) in [5, 5.41) is 3.24. The van der Waals surface area contributed by atoms with E-state index in [1.54, 1.807) is 0 Å². The van der Waals surface area contributed by atoms with Crippen LogP contribution in [0.3, 0.4) is 0 Å². The number of hydrogen-bond donors (Lipinski definition) is 1. The third-order valence-corrected chi connectivity index (χ3v) is 3.48. The lowest BCUT2D eigenvalue weighted by Gasteiger charge is -2.18. The molecule has 0 saturated carbocycles. The SMILES string of the molecule is CNC1=CCCc2cc(Oc3cccc(C)n3)ccc21. The zero-order valence-electron chi connectivity index (χ0n) is 11.8. The van der Waals surface area contributed by atoms with Crippen molar-refractivity contribution in [2.45, 2.75) is 19.8 Å². The number of rotatable bonds is 3. The van der Waals surface area contributed by atoms with Crippen LogP contribution >= 0.6 is 0 Å². The van der Waals surface area contributed by atoms with Gasteiger partial charge in [-0.15, -0.1) is 0 Å². The second kappa shape index (κ2) is 5.37. The zero-order valence-corrected chi connectivity index (χ0v) is 11.8. The first-order chi connectivity index (χ1) is 9.76. The molecule has 102 valence electrons. The van der Waals surface area contributed by atoms with E-state index < -0.39 is 0 Å². The molecule has 0 spiro atoms. The minimum Gasteiger partial charge on any atom is -0.439 e. The summed E-state index contributed by atoms with van der Waals surface area (Å²) in [5.41, 5.74) is 4.75. The van der Waals surface area contributed by atoms with Gasteiger partial charge in [-0.3, -0.25) is 0 Å². The van der Waals surface area contributed by atoms with E-state index in [4.69, 9.17) is 4.74 Å². The molecule has 1 aliphatic rings. The van der Waals surface area contributed by atoms with Crippen LogP contribution in [0.25, 0.3) is 5.70 Å². The number of aryl methyl sites for hydroxylation is 2. The highest BCUT2D eigenvalue weighted by Crippen LogP contribution is 2.29. The number of ether oxygens (including phenoxy) is 1. The van der Waals surface area contributed by atoms with Crippen LogP contribution in [-0.4, -0.2) is 12.0 Å². The van der Waals surface area contributed by atoms with Crippen molar-refractivity contribution in [2.75, 3.05) is 7.05 Å². The van der Waals surface area contributed by atoms with Crippen LogP contribution in [0.4, 0.5) is 0 Å². The molecule has 1 heterocycles.